The van der Waals surface area contributed by atoms with Gasteiger partial charge in [0.15, 0.2) is 5.78 Å². The van der Waals surface area contributed by atoms with Crippen molar-refractivity contribution in [2.24, 2.45) is 0 Å². The Morgan fingerprint density at radius 2 is 2.15 bits per heavy atom. The Hall–Kier alpha value is -2.28. The first kappa shape index (κ1) is 14.1. The molecular formula is C13H12N2O4S. The second-order valence-corrected chi connectivity index (χ2v) is 4.82. The van der Waals surface area contributed by atoms with E-state index in [0.717, 1.165) is 0 Å². The standard InChI is InChI=1S/C13H12N2O4S/c1-19-11(18)3-2-9(16)12-10(17)6-8(7-15-12)13-14-4-5-20-13/h4-7,17H,2-3H2,1H3. The van der Waals surface area contributed by atoms with Crippen LogP contribution in [0, 0.1) is 0 Å². The van der Waals surface area contributed by atoms with E-state index in [4.69, 9.17) is 0 Å². The topological polar surface area (TPSA) is 89.4 Å². The minimum Gasteiger partial charge on any atom is -0.506 e. The van der Waals surface area contributed by atoms with Crippen molar-refractivity contribution in [3.05, 3.63) is 29.5 Å². The summed E-state index contributed by atoms with van der Waals surface area (Å²) in [7, 11) is 1.26. The minimum atomic E-state index is -0.475. The number of aromatic nitrogens is 2. The van der Waals surface area contributed by atoms with Crippen molar-refractivity contribution in [3.8, 4) is 16.3 Å². The molecule has 2 aromatic rings. The van der Waals surface area contributed by atoms with Gasteiger partial charge in [0.1, 0.15) is 16.5 Å². The second kappa shape index (κ2) is 6.25. The number of methoxy groups -OCH3 is 1. The van der Waals surface area contributed by atoms with Crippen LogP contribution in [0.25, 0.3) is 10.6 Å². The van der Waals surface area contributed by atoms with Crippen LogP contribution >= 0.6 is 11.3 Å². The molecule has 0 aromatic carbocycles. The molecule has 0 aliphatic heterocycles. The number of hydrogen-bond acceptors (Lipinski definition) is 7. The van der Waals surface area contributed by atoms with Crippen LogP contribution in [0.1, 0.15) is 23.3 Å². The van der Waals surface area contributed by atoms with Crippen molar-refractivity contribution >= 4 is 23.1 Å². The molecule has 0 aliphatic carbocycles. The first-order valence-electron chi connectivity index (χ1n) is 5.80. The quantitative estimate of drug-likeness (QED) is 0.670. The van der Waals surface area contributed by atoms with Gasteiger partial charge in [0.2, 0.25) is 0 Å². The number of carbonyl (C=O) groups is 2. The highest BCUT2D eigenvalue weighted by atomic mass is 32.1. The SMILES string of the molecule is COC(=O)CCC(=O)c1ncc(-c2nccs2)cc1O. The molecule has 0 spiro atoms. The maximum Gasteiger partial charge on any atom is 0.305 e. The summed E-state index contributed by atoms with van der Waals surface area (Å²) < 4.78 is 4.45. The fourth-order valence-corrected chi connectivity index (χ4v) is 2.21. The lowest BCUT2D eigenvalue weighted by molar-refractivity contribution is -0.140. The highest BCUT2D eigenvalue weighted by Crippen LogP contribution is 2.26. The van der Waals surface area contributed by atoms with Crippen molar-refractivity contribution in [1.29, 1.82) is 0 Å². The van der Waals surface area contributed by atoms with Crippen LogP contribution in [0.3, 0.4) is 0 Å². The maximum absolute atomic E-state index is 11.8. The van der Waals surface area contributed by atoms with E-state index >= 15 is 0 Å². The van der Waals surface area contributed by atoms with Gasteiger partial charge in [0, 0.05) is 29.8 Å². The van der Waals surface area contributed by atoms with Crippen molar-refractivity contribution < 1.29 is 19.4 Å². The number of esters is 1. The number of Topliss-reactive ketones (excluding diaryl/α,β-unsaturated/α-hetero) is 1. The van der Waals surface area contributed by atoms with Crippen LogP contribution in [-0.2, 0) is 9.53 Å². The second-order valence-electron chi connectivity index (χ2n) is 3.93. The molecule has 7 heteroatoms. The third kappa shape index (κ3) is 3.18. The zero-order chi connectivity index (χ0) is 14.5. The predicted molar refractivity (Wildman–Crippen MR) is 72.6 cm³/mol. The van der Waals surface area contributed by atoms with E-state index in [0.29, 0.717) is 10.6 Å². The summed E-state index contributed by atoms with van der Waals surface area (Å²) in [4.78, 5) is 30.9. The summed E-state index contributed by atoms with van der Waals surface area (Å²) in [6, 6.07) is 1.44. The van der Waals surface area contributed by atoms with Gasteiger partial charge in [-0.2, -0.15) is 0 Å². The largest absolute Gasteiger partial charge is 0.506 e. The highest BCUT2D eigenvalue weighted by molar-refractivity contribution is 7.13. The molecule has 2 heterocycles. The van der Waals surface area contributed by atoms with Crippen molar-refractivity contribution in [2.45, 2.75) is 12.8 Å². The molecule has 2 aromatic heterocycles. The Labute approximate surface area is 119 Å². The van der Waals surface area contributed by atoms with Gasteiger partial charge in [-0.15, -0.1) is 11.3 Å². The Morgan fingerprint density at radius 3 is 2.75 bits per heavy atom. The molecule has 0 fully saturated rings. The molecule has 2 rings (SSSR count). The van der Waals surface area contributed by atoms with Crippen LogP contribution < -0.4 is 0 Å². The van der Waals surface area contributed by atoms with Crippen LogP contribution in [0.5, 0.6) is 5.75 Å². The number of aromatic hydroxyl groups is 1. The molecule has 0 saturated heterocycles. The number of ketones is 1. The van der Waals surface area contributed by atoms with E-state index in [1.54, 1.807) is 6.20 Å². The average molecular weight is 292 g/mol. The first-order valence-corrected chi connectivity index (χ1v) is 6.68. The van der Waals surface area contributed by atoms with Gasteiger partial charge in [-0.05, 0) is 6.07 Å². The van der Waals surface area contributed by atoms with Gasteiger partial charge < -0.3 is 9.84 Å². The third-order valence-corrected chi connectivity index (χ3v) is 3.42. The van der Waals surface area contributed by atoms with E-state index in [-0.39, 0.29) is 24.3 Å². The molecule has 0 unspecified atom stereocenters. The molecule has 0 saturated carbocycles. The lowest BCUT2D eigenvalue weighted by Gasteiger charge is -2.04. The molecule has 20 heavy (non-hydrogen) atoms. The Morgan fingerprint density at radius 1 is 1.35 bits per heavy atom. The molecule has 104 valence electrons. The highest BCUT2D eigenvalue weighted by Gasteiger charge is 2.16. The maximum atomic E-state index is 11.8. The Balaban J connectivity index is 2.13. The average Bonchev–Trinajstić information content (AvgIpc) is 2.98. The first-order chi connectivity index (χ1) is 9.61. The van der Waals surface area contributed by atoms with Crippen molar-refractivity contribution in [2.75, 3.05) is 7.11 Å². The van der Waals surface area contributed by atoms with Gasteiger partial charge in [0.25, 0.3) is 0 Å². The van der Waals surface area contributed by atoms with Crippen LogP contribution in [0.2, 0.25) is 0 Å². The fraction of sp³-hybridized carbons (Fsp3) is 0.231. The smallest absolute Gasteiger partial charge is 0.305 e. The lowest BCUT2D eigenvalue weighted by Crippen LogP contribution is -2.07. The minimum absolute atomic E-state index is 0.0370. The van der Waals surface area contributed by atoms with Gasteiger partial charge >= 0.3 is 5.97 Å². The monoisotopic (exact) mass is 292 g/mol. The van der Waals surface area contributed by atoms with E-state index < -0.39 is 11.8 Å². The normalized spacial score (nSPS) is 10.2. The van der Waals surface area contributed by atoms with Crippen molar-refractivity contribution in [3.63, 3.8) is 0 Å². The van der Waals surface area contributed by atoms with Gasteiger partial charge in [-0.1, -0.05) is 0 Å². The Bertz CT molecular complexity index is 625. The van der Waals surface area contributed by atoms with Crippen LogP contribution in [0.15, 0.2) is 23.8 Å². The number of ether oxygens (including phenoxy) is 1. The van der Waals surface area contributed by atoms with E-state index in [1.807, 2.05) is 5.38 Å². The summed E-state index contributed by atoms with van der Waals surface area (Å²) >= 11 is 1.41. The molecular weight excluding hydrogens is 280 g/mol. The number of nitrogens with zero attached hydrogens (tertiary/aromatic N) is 2. The summed E-state index contributed by atoms with van der Waals surface area (Å²) in [5.41, 5.74) is 0.594. The van der Waals surface area contributed by atoms with Gasteiger partial charge in [-0.25, -0.2) is 9.97 Å². The summed E-state index contributed by atoms with van der Waals surface area (Å²) in [6.45, 7) is 0. The number of carbonyl (C=O) groups excluding carboxylic acids is 2. The predicted octanol–water partition coefficient (Wildman–Crippen LogP) is 2.05. The zero-order valence-electron chi connectivity index (χ0n) is 10.7. The molecule has 0 amide bonds. The van der Waals surface area contributed by atoms with Crippen LogP contribution in [0.4, 0.5) is 0 Å². The lowest BCUT2D eigenvalue weighted by atomic mass is 10.1. The molecule has 0 radical (unpaired) electrons. The van der Waals surface area contributed by atoms with E-state index in [9.17, 15) is 14.7 Å². The summed E-state index contributed by atoms with van der Waals surface area (Å²) in [5, 5.41) is 12.4. The molecule has 6 nitrogen and oxygen atoms in total. The number of thiazole rings is 1. The molecule has 0 aliphatic rings. The fourth-order valence-electron chi connectivity index (χ4n) is 1.59. The van der Waals surface area contributed by atoms with Gasteiger partial charge in [0.05, 0.1) is 13.5 Å². The number of pyridine rings is 1. The molecule has 1 N–H and O–H groups in total. The molecule has 0 bridgehead atoms. The van der Waals surface area contributed by atoms with E-state index in [2.05, 4.69) is 14.7 Å². The summed E-state index contributed by atoms with van der Waals surface area (Å²) in [5.74, 6) is -1.09. The molecule has 0 atom stereocenters. The van der Waals surface area contributed by atoms with Crippen molar-refractivity contribution in [1.82, 2.24) is 9.97 Å². The van der Waals surface area contributed by atoms with E-state index in [1.165, 1.54) is 30.7 Å². The third-order valence-electron chi connectivity index (χ3n) is 2.59. The number of rotatable bonds is 5. The van der Waals surface area contributed by atoms with Crippen LogP contribution in [-0.4, -0.2) is 33.9 Å². The zero-order valence-corrected chi connectivity index (χ0v) is 11.5. The number of hydrogen-bond donors (Lipinski definition) is 1. The summed E-state index contributed by atoms with van der Waals surface area (Å²) in [6.07, 6.45) is 3.03. The Kier molecular flexibility index (Phi) is 4.41. The van der Waals surface area contributed by atoms with Gasteiger partial charge in [-0.3, -0.25) is 9.59 Å².